The maximum Gasteiger partial charge on any atom is 0.246 e. The zero-order chi connectivity index (χ0) is 28.0. The van der Waals surface area contributed by atoms with Gasteiger partial charge in [-0.1, -0.05) is 52.0 Å². The number of nitrogens with one attached hydrogen (secondary N) is 3. The Hall–Kier alpha value is -2.94. The molecule has 1 aliphatic heterocycles. The third-order valence-corrected chi connectivity index (χ3v) is 7.69. The summed E-state index contributed by atoms with van der Waals surface area (Å²) in [5, 5.41) is 9.01. The van der Waals surface area contributed by atoms with Crippen LogP contribution in [-0.4, -0.2) is 78.2 Å². The zero-order valence-corrected chi connectivity index (χ0v) is 23.8. The Balaban J connectivity index is 1.88. The van der Waals surface area contributed by atoms with E-state index in [0.717, 1.165) is 31.2 Å². The SMILES string of the molecule is CCCC(=O)N1CCN(C(=O)[C@@H](NC(=O)[C@H](C)NC)C(C)(C)C)[C@H](C(=O)N[C@@H]2CCCc3ccccc32)C1. The van der Waals surface area contributed by atoms with Crippen LogP contribution in [0.2, 0.25) is 0 Å². The molecule has 3 N–H and O–H groups in total. The zero-order valence-electron chi connectivity index (χ0n) is 23.8. The van der Waals surface area contributed by atoms with Gasteiger partial charge in [0.05, 0.1) is 18.6 Å². The van der Waals surface area contributed by atoms with Gasteiger partial charge in [-0.15, -0.1) is 0 Å². The van der Waals surface area contributed by atoms with Gasteiger partial charge in [0.1, 0.15) is 12.1 Å². The number of fused-ring (bicyclic) bond motifs is 1. The Morgan fingerprint density at radius 1 is 1.11 bits per heavy atom. The van der Waals surface area contributed by atoms with Crippen molar-refractivity contribution < 1.29 is 19.2 Å². The molecule has 0 aromatic heterocycles. The van der Waals surface area contributed by atoms with Crippen molar-refractivity contribution in [3.8, 4) is 0 Å². The average Bonchev–Trinajstić information content (AvgIpc) is 2.90. The number of nitrogens with zero attached hydrogens (tertiary/aromatic N) is 2. The molecule has 1 saturated heterocycles. The van der Waals surface area contributed by atoms with Crippen LogP contribution in [0, 0.1) is 5.41 Å². The molecular formula is C29H45N5O4. The summed E-state index contributed by atoms with van der Waals surface area (Å²) >= 11 is 0. The number of carbonyl (C=O) groups is 4. The minimum Gasteiger partial charge on any atom is -0.347 e. The van der Waals surface area contributed by atoms with Gasteiger partial charge in [-0.3, -0.25) is 19.2 Å². The van der Waals surface area contributed by atoms with Crippen molar-refractivity contribution in [2.75, 3.05) is 26.7 Å². The van der Waals surface area contributed by atoms with Crippen molar-refractivity contribution in [2.24, 2.45) is 5.41 Å². The third-order valence-electron chi connectivity index (χ3n) is 7.69. The van der Waals surface area contributed by atoms with Crippen molar-refractivity contribution >= 4 is 23.6 Å². The number of piperazine rings is 1. The maximum absolute atomic E-state index is 14.0. The Bertz CT molecular complexity index is 1020. The monoisotopic (exact) mass is 527 g/mol. The molecule has 1 aliphatic carbocycles. The molecule has 0 radical (unpaired) electrons. The molecule has 38 heavy (non-hydrogen) atoms. The van der Waals surface area contributed by atoms with Crippen LogP contribution in [0.25, 0.3) is 0 Å². The van der Waals surface area contributed by atoms with E-state index in [0.29, 0.717) is 13.0 Å². The summed E-state index contributed by atoms with van der Waals surface area (Å²) < 4.78 is 0. The molecule has 210 valence electrons. The highest BCUT2D eigenvalue weighted by atomic mass is 16.2. The number of carbonyl (C=O) groups excluding carboxylic acids is 4. The van der Waals surface area contributed by atoms with Gasteiger partial charge in [-0.2, -0.15) is 0 Å². The van der Waals surface area contributed by atoms with Gasteiger partial charge < -0.3 is 25.8 Å². The lowest BCUT2D eigenvalue weighted by molar-refractivity contribution is -0.152. The van der Waals surface area contributed by atoms with E-state index in [9.17, 15) is 19.2 Å². The molecule has 4 amide bonds. The summed E-state index contributed by atoms with van der Waals surface area (Å²) in [5.41, 5.74) is 1.76. The van der Waals surface area contributed by atoms with Gasteiger partial charge in [0.2, 0.25) is 23.6 Å². The molecule has 1 fully saturated rings. The second kappa shape index (κ2) is 12.7. The van der Waals surface area contributed by atoms with Gasteiger partial charge in [0, 0.05) is 19.5 Å². The van der Waals surface area contributed by atoms with Crippen LogP contribution in [-0.2, 0) is 25.6 Å². The highest BCUT2D eigenvalue weighted by Gasteiger charge is 2.43. The Labute approximate surface area is 227 Å². The summed E-state index contributed by atoms with van der Waals surface area (Å²) in [6, 6.07) is 5.86. The summed E-state index contributed by atoms with van der Waals surface area (Å²) in [7, 11) is 1.69. The fraction of sp³-hybridized carbons (Fsp3) is 0.655. The molecule has 1 aromatic rings. The number of hydrogen-bond acceptors (Lipinski definition) is 5. The molecule has 0 unspecified atom stereocenters. The number of amides is 4. The molecule has 0 bridgehead atoms. The summed E-state index contributed by atoms with van der Waals surface area (Å²) in [5.74, 6) is -0.862. The average molecular weight is 528 g/mol. The number of benzene rings is 1. The lowest BCUT2D eigenvalue weighted by Gasteiger charge is -2.44. The molecule has 0 saturated carbocycles. The second-order valence-corrected chi connectivity index (χ2v) is 11.6. The Kier molecular flexibility index (Phi) is 9.93. The first-order chi connectivity index (χ1) is 18.0. The first kappa shape index (κ1) is 29.6. The summed E-state index contributed by atoms with van der Waals surface area (Å²) in [6.07, 6.45) is 3.90. The molecule has 4 atom stereocenters. The van der Waals surface area contributed by atoms with E-state index in [2.05, 4.69) is 28.1 Å². The van der Waals surface area contributed by atoms with E-state index >= 15 is 0 Å². The molecule has 9 heteroatoms. The second-order valence-electron chi connectivity index (χ2n) is 11.6. The predicted molar refractivity (Wildman–Crippen MR) is 147 cm³/mol. The molecule has 3 rings (SSSR count). The van der Waals surface area contributed by atoms with E-state index in [1.165, 1.54) is 5.56 Å². The highest BCUT2D eigenvalue weighted by Crippen LogP contribution is 2.30. The summed E-state index contributed by atoms with van der Waals surface area (Å²) in [6.45, 7) is 10.1. The van der Waals surface area contributed by atoms with Gasteiger partial charge in [-0.05, 0) is 56.2 Å². The lowest BCUT2D eigenvalue weighted by atomic mass is 9.85. The lowest BCUT2D eigenvalue weighted by Crippen LogP contribution is -2.66. The minimum atomic E-state index is -0.838. The first-order valence-corrected chi connectivity index (χ1v) is 13.9. The van der Waals surface area contributed by atoms with Gasteiger partial charge in [-0.25, -0.2) is 0 Å². The van der Waals surface area contributed by atoms with Crippen LogP contribution in [0.5, 0.6) is 0 Å². The van der Waals surface area contributed by atoms with Gasteiger partial charge >= 0.3 is 0 Å². The fourth-order valence-electron chi connectivity index (χ4n) is 5.25. The standard InChI is InChI=1S/C29H45N5O4/c1-7-11-24(35)33-16-17-34(28(38)25(29(3,4)5)32-26(36)19(2)30-6)23(18-33)27(37)31-22-15-10-13-20-12-8-9-14-21(20)22/h8-9,12,14,19,22-23,25,30H,7,10-11,13,15-18H2,1-6H3,(H,31,37)(H,32,36)/t19-,22+,23-,25+/m0/s1. The molecule has 1 aromatic carbocycles. The van der Waals surface area contributed by atoms with Gasteiger partial charge in [0.15, 0.2) is 0 Å². The van der Waals surface area contributed by atoms with Crippen LogP contribution >= 0.6 is 0 Å². The van der Waals surface area contributed by atoms with Crippen LogP contribution in [0.3, 0.4) is 0 Å². The largest absolute Gasteiger partial charge is 0.347 e. The highest BCUT2D eigenvalue weighted by molar-refractivity contribution is 5.94. The first-order valence-electron chi connectivity index (χ1n) is 13.9. The van der Waals surface area contributed by atoms with E-state index in [4.69, 9.17) is 0 Å². The quantitative estimate of drug-likeness (QED) is 0.480. The molecule has 2 aliphatic rings. The topological polar surface area (TPSA) is 111 Å². The van der Waals surface area contributed by atoms with Crippen molar-refractivity contribution in [3.63, 3.8) is 0 Å². The number of hydrogen-bond donors (Lipinski definition) is 3. The molecule has 0 spiro atoms. The molecule has 9 nitrogen and oxygen atoms in total. The number of likely N-dealkylation sites (N-methyl/N-ethyl adjacent to an activating group) is 1. The maximum atomic E-state index is 14.0. The smallest absolute Gasteiger partial charge is 0.246 e. The van der Waals surface area contributed by atoms with Crippen LogP contribution in [0.1, 0.15) is 77.5 Å². The normalized spacial score (nSPS) is 21.2. The van der Waals surface area contributed by atoms with E-state index < -0.39 is 23.5 Å². The minimum absolute atomic E-state index is 0.0102. The Morgan fingerprint density at radius 2 is 1.82 bits per heavy atom. The van der Waals surface area contributed by atoms with Crippen LogP contribution in [0.15, 0.2) is 24.3 Å². The number of rotatable bonds is 8. The van der Waals surface area contributed by atoms with Crippen LogP contribution in [0.4, 0.5) is 0 Å². The summed E-state index contributed by atoms with van der Waals surface area (Å²) in [4.78, 5) is 56.6. The third kappa shape index (κ3) is 6.92. The van der Waals surface area contributed by atoms with E-state index in [1.807, 2.05) is 39.8 Å². The van der Waals surface area contributed by atoms with E-state index in [-0.39, 0.29) is 42.8 Å². The fourth-order valence-corrected chi connectivity index (χ4v) is 5.25. The molecular weight excluding hydrogens is 482 g/mol. The van der Waals surface area contributed by atoms with Gasteiger partial charge in [0.25, 0.3) is 0 Å². The van der Waals surface area contributed by atoms with Crippen molar-refractivity contribution in [2.45, 2.75) is 90.9 Å². The number of aryl methyl sites for hydroxylation is 1. The van der Waals surface area contributed by atoms with Crippen molar-refractivity contribution in [1.29, 1.82) is 0 Å². The predicted octanol–water partition coefficient (Wildman–Crippen LogP) is 2.16. The van der Waals surface area contributed by atoms with Crippen molar-refractivity contribution in [3.05, 3.63) is 35.4 Å². The van der Waals surface area contributed by atoms with Crippen molar-refractivity contribution in [1.82, 2.24) is 25.8 Å². The van der Waals surface area contributed by atoms with Crippen LogP contribution < -0.4 is 16.0 Å². The Morgan fingerprint density at radius 3 is 2.47 bits per heavy atom. The van der Waals surface area contributed by atoms with E-state index in [1.54, 1.807) is 23.8 Å². The molecule has 1 heterocycles.